The third-order valence-corrected chi connectivity index (χ3v) is 5.01. The molecule has 0 aliphatic carbocycles. The standard InChI is InChI=1S/C25H33FN2O3/c1-28(25(29)9-4-7-20-10-13-22(26)14-11-20)18-6-17-27-16-5-8-21-12-15-23(30-2)24(19-21)31-3/h4,7,10-15,19,27H,5-6,8-9,16-18H2,1-3H3/b7-4+. The monoisotopic (exact) mass is 428 g/mol. The first-order valence-electron chi connectivity index (χ1n) is 10.6. The highest BCUT2D eigenvalue weighted by molar-refractivity contribution is 5.78. The van der Waals surface area contributed by atoms with Crippen LogP contribution in [0.1, 0.15) is 30.4 Å². The SMILES string of the molecule is COc1ccc(CCCNCCCN(C)C(=O)C/C=C/c2ccc(F)cc2)cc1OC. The molecule has 0 aromatic heterocycles. The first kappa shape index (κ1) is 24.4. The van der Waals surface area contributed by atoms with E-state index in [4.69, 9.17) is 9.47 Å². The van der Waals surface area contributed by atoms with E-state index in [-0.39, 0.29) is 11.7 Å². The number of hydrogen-bond acceptors (Lipinski definition) is 4. The lowest BCUT2D eigenvalue weighted by Gasteiger charge is -2.16. The number of carbonyl (C=O) groups excluding carboxylic acids is 1. The molecule has 2 aromatic carbocycles. The van der Waals surface area contributed by atoms with Crippen LogP contribution in [0, 0.1) is 5.82 Å². The number of carbonyl (C=O) groups is 1. The van der Waals surface area contributed by atoms with Crippen molar-refractivity contribution in [2.45, 2.75) is 25.7 Å². The van der Waals surface area contributed by atoms with E-state index in [1.54, 1.807) is 31.3 Å². The van der Waals surface area contributed by atoms with Gasteiger partial charge in [-0.15, -0.1) is 0 Å². The Morgan fingerprint density at radius 2 is 1.74 bits per heavy atom. The van der Waals surface area contributed by atoms with E-state index in [1.165, 1.54) is 17.7 Å². The summed E-state index contributed by atoms with van der Waals surface area (Å²) in [5.41, 5.74) is 2.10. The quantitative estimate of drug-likeness (QED) is 0.483. The van der Waals surface area contributed by atoms with Gasteiger partial charge >= 0.3 is 0 Å². The van der Waals surface area contributed by atoms with Gasteiger partial charge in [-0.25, -0.2) is 4.39 Å². The van der Waals surface area contributed by atoms with Gasteiger partial charge in [0.25, 0.3) is 0 Å². The predicted molar refractivity (Wildman–Crippen MR) is 123 cm³/mol. The second-order valence-electron chi connectivity index (χ2n) is 7.37. The summed E-state index contributed by atoms with van der Waals surface area (Å²) in [6, 6.07) is 12.2. The number of aryl methyl sites for hydroxylation is 1. The number of rotatable bonds is 13. The van der Waals surface area contributed by atoms with Crippen molar-refractivity contribution in [1.82, 2.24) is 10.2 Å². The number of nitrogens with one attached hydrogen (secondary N) is 1. The van der Waals surface area contributed by atoms with E-state index in [0.717, 1.165) is 49.4 Å². The van der Waals surface area contributed by atoms with E-state index in [2.05, 4.69) is 11.4 Å². The van der Waals surface area contributed by atoms with Gasteiger partial charge in [-0.1, -0.05) is 30.4 Å². The van der Waals surface area contributed by atoms with Crippen LogP contribution in [-0.2, 0) is 11.2 Å². The fourth-order valence-electron chi connectivity index (χ4n) is 3.17. The van der Waals surface area contributed by atoms with Gasteiger partial charge in [-0.2, -0.15) is 0 Å². The zero-order valence-electron chi connectivity index (χ0n) is 18.7. The fourth-order valence-corrected chi connectivity index (χ4v) is 3.17. The number of benzene rings is 2. The van der Waals surface area contributed by atoms with E-state index in [0.29, 0.717) is 13.0 Å². The first-order chi connectivity index (χ1) is 15.0. The highest BCUT2D eigenvalue weighted by Crippen LogP contribution is 2.27. The van der Waals surface area contributed by atoms with Gasteiger partial charge in [0.05, 0.1) is 14.2 Å². The Morgan fingerprint density at radius 3 is 2.45 bits per heavy atom. The van der Waals surface area contributed by atoms with Gasteiger partial charge in [0.15, 0.2) is 11.5 Å². The van der Waals surface area contributed by atoms with E-state index < -0.39 is 0 Å². The molecule has 168 valence electrons. The summed E-state index contributed by atoms with van der Waals surface area (Å²) in [5, 5.41) is 3.43. The normalized spacial score (nSPS) is 11.0. The molecule has 0 saturated carbocycles. The molecule has 31 heavy (non-hydrogen) atoms. The summed E-state index contributed by atoms with van der Waals surface area (Å²) in [6.45, 7) is 2.51. The first-order valence-corrected chi connectivity index (χ1v) is 10.6. The summed E-state index contributed by atoms with van der Waals surface area (Å²) in [4.78, 5) is 13.9. The molecule has 1 amide bonds. The summed E-state index contributed by atoms with van der Waals surface area (Å²) in [6.07, 6.45) is 6.89. The smallest absolute Gasteiger partial charge is 0.226 e. The van der Waals surface area contributed by atoms with Crippen LogP contribution in [0.15, 0.2) is 48.5 Å². The minimum Gasteiger partial charge on any atom is -0.493 e. The molecule has 0 bridgehead atoms. The van der Waals surface area contributed by atoms with Crippen LogP contribution in [0.4, 0.5) is 4.39 Å². The summed E-state index contributed by atoms with van der Waals surface area (Å²) in [7, 11) is 5.11. The maximum Gasteiger partial charge on any atom is 0.226 e. The lowest BCUT2D eigenvalue weighted by atomic mass is 10.1. The topological polar surface area (TPSA) is 50.8 Å². The fraction of sp³-hybridized carbons (Fsp3) is 0.400. The van der Waals surface area contributed by atoms with E-state index in [9.17, 15) is 9.18 Å². The Labute approximate surface area is 184 Å². The molecule has 0 saturated heterocycles. The molecule has 2 aromatic rings. The van der Waals surface area contributed by atoms with Crippen molar-refractivity contribution in [3.63, 3.8) is 0 Å². The third kappa shape index (κ3) is 8.80. The van der Waals surface area contributed by atoms with Gasteiger partial charge in [0.1, 0.15) is 5.82 Å². The Morgan fingerprint density at radius 1 is 1.03 bits per heavy atom. The molecule has 5 nitrogen and oxygen atoms in total. The largest absolute Gasteiger partial charge is 0.493 e. The van der Waals surface area contributed by atoms with Crippen LogP contribution >= 0.6 is 0 Å². The molecular weight excluding hydrogens is 395 g/mol. The minimum atomic E-state index is -0.262. The Bertz CT molecular complexity index is 837. The highest BCUT2D eigenvalue weighted by atomic mass is 19.1. The minimum absolute atomic E-state index is 0.0758. The van der Waals surface area contributed by atoms with Crippen LogP contribution in [0.25, 0.3) is 6.08 Å². The van der Waals surface area contributed by atoms with Crippen LogP contribution in [0.2, 0.25) is 0 Å². The Hall–Kier alpha value is -2.86. The van der Waals surface area contributed by atoms with Crippen molar-refractivity contribution in [2.24, 2.45) is 0 Å². The maximum absolute atomic E-state index is 12.9. The van der Waals surface area contributed by atoms with Crippen LogP contribution in [-0.4, -0.2) is 51.7 Å². The number of nitrogens with zero attached hydrogens (tertiary/aromatic N) is 1. The van der Waals surface area contributed by atoms with Crippen LogP contribution in [0.3, 0.4) is 0 Å². The van der Waals surface area contributed by atoms with E-state index >= 15 is 0 Å². The van der Waals surface area contributed by atoms with Gasteiger partial charge < -0.3 is 19.7 Å². The highest BCUT2D eigenvalue weighted by Gasteiger charge is 2.06. The zero-order chi connectivity index (χ0) is 22.5. The summed E-state index contributed by atoms with van der Waals surface area (Å²) in [5.74, 6) is 1.32. The van der Waals surface area contributed by atoms with Crippen molar-refractivity contribution >= 4 is 12.0 Å². The number of amides is 1. The third-order valence-electron chi connectivity index (χ3n) is 5.01. The average Bonchev–Trinajstić information content (AvgIpc) is 2.79. The molecular formula is C25H33FN2O3. The molecule has 0 spiro atoms. The Balaban J connectivity index is 1.56. The molecule has 2 rings (SSSR count). The van der Waals surface area contributed by atoms with Crippen molar-refractivity contribution in [3.05, 3.63) is 65.5 Å². The van der Waals surface area contributed by atoms with Gasteiger partial charge in [-0.3, -0.25) is 4.79 Å². The van der Waals surface area contributed by atoms with Crippen molar-refractivity contribution in [3.8, 4) is 11.5 Å². The second-order valence-corrected chi connectivity index (χ2v) is 7.37. The van der Waals surface area contributed by atoms with Gasteiger partial charge in [-0.05, 0) is 67.7 Å². The lowest BCUT2D eigenvalue weighted by molar-refractivity contribution is -0.129. The predicted octanol–water partition coefficient (Wildman–Crippen LogP) is 4.32. The zero-order valence-corrected chi connectivity index (χ0v) is 18.7. The van der Waals surface area contributed by atoms with Crippen molar-refractivity contribution in [2.75, 3.05) is 40.9 Å². The van der Waals surface area contributed by atoms with Crippen molar-refractivity contribution in [1.29, 1.82) is 0 Å². The maximum atomic E-state index is 12.9. The molecule has 0 unspecified atom stereocenters. The van der Waals surface area contributed by atoms with Gasteiger partial charge in [0, 0.05) is 20.0 Å². The molecule has 6 heteroatoms. The lowest BCUT2D eigenvalue weighted by Crippen LogP contribution is -2.29. The molecule has 1 N–H and O–H groups in total. The van der Waals surface area contributed by atoms with E-state index in [1.807, 2.05) is 31.3 Å². The van der Waals surface area contributed by atoms with Crippen molar-refractivity contribution < 1.29 is 18.7 Å². The molecule has 0 aliphatic heterocycles. The van der Waals surface area contributed by atoms with Crippen LogP contribution < -0.4 is 14.8 Å². The summed E-state index contributed by atoms with van der Waals surface area (Å²) < 4.78 is 23.5. The number of hydrogen-bond donors (Lipinski definition) is 1. The van der Waals surface area contributed by atoms with Gasteiger partial charge in [0.2, 0.25) is 5.91 Å². The second kappa shape index (κ2) is 13.4. The molecule has 0 atom stereocenters. The van der Waals surface area contributed by atoms with Crippen LogP contribution in [0.5, 0.6) is 11.5 Å². The number of methoxy groups -OCH3 is 2. The Kier molecular flexibility index (Phi) is 10.6. The number of halogens is 1. The molecule has 0 radical (unpaired) electrons. The average molecular weight is 429 g/mol. The summed E-state index contributed by atoms with van der Waals surface area (Å²) >= 11 is 0. The molecule has 0 heterocycles. The molecule has 0 fully saturated rings. The number of ether oxygens (including phenoxy) is 2. The molecule has 0 aliphatic rings.